The first kappa shape index (κ1) is 19.2. The highest BCUT2D eigenvalue weighted by Crippen LogP contribution is 2.32. The third kappa shape index (κ3) is 3.72. The normalized spacial score (nSPS) is 18.7. The molecule has 4 aromatic rings. The predicted molar refractivity (Wildman–Crippen MR) is 116 cm³/mol. The average molecular weight is 413 g/mol. The molecule has 9 nitrogen and oxygen atoms in total. The lowest BCUT2D eigenvalue weighted by atomic mass is 9.91. The minimum absolute atomic E-state index is 0.235. The van der Waals surface area contributed by atoms with Gasteiger partial charge in [0.2, 0.25) is 5.95 Å². The number of pyridine rings is 1. The molecule has 0 amide bonds. The van der Waals surface area contributed by atoms with Crippen LogP contribution < -0.4 is 5.32 Å². The zero-order chi connectivity index (χ0) is 21.2. The number of aryl methyl sites for hydroxylation is 1. The highest BCUT2D eigenvalue weighted by Gasteiger charge is 2.25. The number of nitrogens with one attached hydrogen (secondary N) is 1. The molecule has 0 bridgehead atoms. The smallest absolute Gasteiger partial charge is 0.223 e. The Morgan fingerprint density at radius 3 is 3.00 bits per heavy atom. The van der Waals surface area contributed by atoms with E-state index in [1.54, 1.807) is 12.4 Å². The molecule has 31 heavy (non-hydrogen) atoms. The Hall–Kier alpha value is -3.80. The molecule has 1 N–H and O–H groups in total. The van der Waals surface area contributed by atoms with E-state index >= 15 is 0 Å². The van der Waals surface area contributed by atoms with Crippen molar-refractivity contribution in [3.63, 3.8) is 0 Å². The quantitative estimate of drug-likeness (QED) is 0.532. The topological polar surface area (TPSA) is 110 Å². The van der Waals surface area contributed by atoms with E-state index in [9.17, 15) is 5.26 Å². The van der Waals surface area contributed by atoms with E-state index in [1.165, 1.54) is 0 Å². The van der Waals surface area contributed by atoms with E-state index in [-0.39, 0.29) is 6.04 Å². The largest absolute Gasteiger partial charge is 0.351 e. The summed E-state index contributed by atoms with van der Waals surface area (Å²) >= 11 is 0. The maximum atomic E-state index is 9.49. The summed E-state index contributed by atoms with van der Waals surface area (Å²) < 4.78 is 4.01. The Kier molecular flexibility index (Phi) is 5.04. The van der Waals surface area contributed by atoms with Crippen LogP contribution in [0, 0.1) is 11.3 Å². The van der Waals surface area contributed by atoms with Crippen molar-refractivity contribution in [1.29, 1.82) is 5.26 Å². The van der Waals surface area contributed by atoms with Crippen LogP contribution in [-0.2, 0) is 6.54 Å². The van der Waals surface area contributed by atoms with Gasteiger partial charge in [-0.3, -0.25) is 4.68 Å². The van der Waals surface area contributed by atoms with E-state index in [4.69, 9.17) is 0 Å². The second-order valence-electron chi connectivity index (χ2n) is 7.81. The van der Waals surface area contributed by atoms with Crippen LogP contribution in [0.25, 0.3) is 22.4 Å². The summed E-state index contributed by atoms with van der Waals surface area (Å²) in [5.74, 6) is 0.539. The Bertz CT molecular complexity index is 1250. The maximum absolute atomic E-state index is 9.49. The van der Waals surface area contributed by atoms with Crippen molar-refractivity contribution in [1.82, 2.24) is 34.3 Å². The number of nitriles is 1. The molecule has 0 unspecified atom stereocenters. The number of rotatable bonds is 5. The van der Waals surface area contributed by atoms with Gasteiger partial charge in [-0.2, -0.15) is 10.4 Å². The Labute approximate surface area is 179 Å². The van der Waals surface area contributed by atoms with Crippen molar-refractivity contribution in [2.24, 2.45) is 0 Å². The summed E-state index contributed by atoms with van der Waals surface area (Å²) in [5.41, 5.74) is 3.72. The molecular formula is C22H23N9. The van der Waals surface area contributed by atoms with Crippen molar-refractivity contribution in [3.05, 3.63) is 48.8 Å². The third-order valence-electron chi connectivity index (χ3n) is 5.84. The van der Waals surface area contributed by atoms with Gasteiger partial charge in [0.1, 0.15) is 11.6 Å². The van der Waals surface area contributed by atoms with Crippen molar-refractivity contribution < 1.29 is 0 Å². The van der Waals surface area contributed by atoms with Crippen LogP contribution in [0.3, 0.4) is 0 Å². The SMILES string of the molecule is CCn1cc(-c2nc(N[C@@H]3CCC[C@H](n4cnc5cccnc54)C3)ncc2C#N)cn1. The fourth-order valence-electron chi connectivity index (χ4n) is 4.28. The summed E-state index contributed by atoms with van der Waals surface area (Å²) in [6, 6.07) is 6.65. The molecule has 2 atom stereocenters. The maximum Gasteiger partial charge on any atom is 0.223 e. The Balaban J connectivity index is 1.37. The zero-order valence-corrected chi connectivity index (χ0v) is 17.3. The predicted octanol–water partition coefficient (Wildman–Crippen LogP) is 3.57. The number of anilines is 1. The van der Waals surface area contributed by atoms with Crippen LogP contribution in [0.4, 0.5) is 5.95 Å². The summed E-state index contributed by atoms with van der Waals surface area (Å²) in [6.45, 7) is 2.78. The molecule has 4 aromatic heterocycles. The molecular weight excluding hydrogens is 390 g/mol. The highest BCUT2D eigenvalue weighted by molar-refractivity contribution is 5.70. The van der Waals surface area contributed by atoms with Crippen molar-refractivity contribution in [2.45, 2.75) is 51.2 Å². The van der Waals surface area contributed by atoms with Crippen LogP contribution in [-0.4, -0.2) is 40.3 Å². The van der Waals surface area contributed by atoms with E-state index in [2.05, 4.69) is 41.0 Å². The van der Waals surface area contributed by atoms with Gasteiger partial charge in [-0.15, -0.1) is 0 Å². The minimum atomic E-state index is 0.235. The van der Waals surface area contributed by atoms with Crippen molar-refractivity contribution in [3.8, 4) is 17.3 Å². The molecule has 9 heteroatoms. The first-order valence-electron chi connectivity index (χ1n) is 10.6. The highest BCUT2D eigenvalue weighted by atomic mass is 15.3. The lowest BCUT2D eigenvalue weighted by Crippen LogP contribution is -2.29. The molecule has 0 saturated heterocycles. The van der Waals surface area contributed by atoms with Gasteiger partial charge in [-0.25, -0.2) is 19.9 Å². The van der Waals surface area contributed by atoms with Gasteiger partial charge in [0.05, 0.1) is 30.0 Å². The average Bonchev–Trinajstić information content (AvgIpc) is 3.46. The summed E-state index contributed by atoms with van der Waals surface area (Å²) in [7, 11) is 0. The monoisotopic (exact) mass is 413 g/mol. The molecule has 4 heterocycles. The van der Waals surface area contributed by atoms with Gasteiger partial charge in [0.25, 0.3) is 0 Å². The van der Waals surface area contributed by atoms with Crippen LogP contribution in [0.1, 0.15) is 44.2 Å². The molecule has 5 rings (SSSR count). The fraction of sp³-hybridized carbons (Fsp3) is 0.364. The van der Waals surface area contributed by atoms with Gasteiger partial charge in [-0.1, -0.05) is 0 Å². The van der Waals surface area contributed by atoms with Crippen molar-refractivity contribution in [2.75, 3.05) is 5.32 Å². The van der Waals surface area contributed by atoms with Crippen LogP contribution >= 0.6 is 0 Å². The standard InChI is InChI=1S/C22H23N9/c1-2-30-13-16(12-27-30)20-15(10-23)11-25-22(29-20)28-17-5-3-6-18(9-17)31-14-26-19-7-4-8-24-21(19)31/h4,7-8,11-14,17-18H,2-3,5-6,9H2,1H3,(H,25,28,29)/t17-,18+/m1/s1. The molecule has 1 saturated carbocycles. The van der Waals surface area contributed by atoms with Crippen molar-refractivity contribution >= 4 is 17.1 Å². The van der Waals surface area contributed by atoms with E-state index in [0.717, 1.165) is 49.0 Å². The second-order valence-corrected chi connectivity index (χ2v) is 7.81. The van der Waals surface area contributed by atoms with Gasteiger partial charge in [0.15, 0.2) is 5.65 Å². The molecule has 0 radical (unpaired) electrons. The van der Waals surface area contributed by atoms with Gasteiger partial charge in [0, 0.05) is 36.6 Å². The third-order valence-corrected chi connectivity index (χ3v) is 5.84. The molecule has 0 aromatic carbocycles. The Morgan fingerprint density at radius 1 is 1.23 bits per heavy atom. The van der Waals surface area contributed by atoms with Gasteiger partial charge in [-0.05, 0) is 44.7 Å². The van der Waals surface area contributed by atoms with E-state index < -0.39 is 0 Å². The van der Waals surface area contributed by atoms with E-state index in [0.29, 0.717) is 23.2 Å². The van der Waals surface area contributed by atoms with Gasteiger partial charge < -0.3 is 9.88 Å². The molecule has 156 valence electrons. The van der Waals surface area contributed by atoms with E-state index in [1.807, 2.05) is 42.5 Å². The number of imidazole rings is 1. The first-order valence-corrected chi connectivity index (χ1v) is 10.6. The van der Waals surface area contributed by atoms with Crippen LogP contribution in [0.15, 0.2) is 43.2 Å². The molecule has 1 fully saturated rings. The lowest BCUT2D eigenvalue weighted by Gasteiger charge is -2.30. The summed E-state index contributed by atoms with van der Waals surface area (Å²) in [5, 5.41) is 17.3. The Morgan fingerprint density at radius 2 is 2.16 bits per heavy atom. The lowest BCUT2D eigenvalue weighted by molar-refractivity contribution is 0.335. The summed E-state index contributed by atoms with van der Waals surface area (Å²) in [6.07, 6.45) is 13.1. The van der Waals surface area contributed by atoms with Gasteiger partial charge >= 0.3 is 0 Å². The number of nitrogens with zero attached hydrogens (tertiary/aromatic N) is 8. The fourth-order valence-corrected chi connectivity index (χ4v) is 4.28. The summed E-state index contributed by atoms with van der Waals surface area (Å²) in [4.78, 5) is 18.1. The zero-order valence-electron chi connectivity index (χ0n) is 17.3. The van der Waals surface area contributed by atoms with Crippen LogP contribution in [0.5, 0.6) is 0 Å². The molecule has 0 aliphatic heterocycles. The number of hydrogen-bond acceptors (Lipinski definition) is 7. The molecule has 1 aliphatic rings. The minimum Gasteiger partial charge on any atom is -0.351 e. The number of fused-ring (bicyclic) bond motifs is 1. The molecule has 0 spiro atoms. The molecule has 1 aliphatic carbocycles. The first-order chi connectivity index (χ1) is 15.2. The number of hydrogen-bond donors (Lipinski definition) is 1. The second kappa shape index (κ2) is 8.14. The van der Waals surface area contributed by atoms with Crippen LogP contribution in [0.2, 0.25) is 0 Å². The number of aromatic nitrogens is 7.